The smallest absolute Gasteiger partial charge is 0.231 e. The summed E-state index contributed by atoms with van der Waals surface area (Å²) in [7, 11) is 0. The van der Waals surface area contributed by atoms with Crippen LogP contribution >= 0.6 is 0 Å². The van der Waals surface area contributed by atoms with Gasteiger partial charge in [0.15, 0.2) is 0 Å². The Morgan fingerprint density at radius 2 is 2.00 bits per heavy atom. The van der Waals surface area contributed by atoms with E-state index in [0.29, 0.717) is 36.5 Å². The summed E-state index contributed by atoms with van der Waals surface area (Å²) in [6.45, 7) is 1.49. The van der Waals surface area contributed by atoms with Crippen LogP contribution in [0.5, 0.6) is 0 Å². The zero-order chi connectivity index (χ0) is 16.4. The monoisotopic (exact) mass is 326 g/mol. The number of hydrogen-bond donors (Lipinski definition) is 0. The van der Waals surface area contributed by atoms with E-state index in [2.05, 4.69) is 15.1 Å². The van der Waals surface area contributed by atoms with Gasteiger partial charge in [0.25, 0.3) is 0 Å². The third-order valence-corrected chi connectivity index (χ3v) is 5.21. The van der Waals surface area contributed by atoms with Crippen LogP contribution in [0.1, 0.15) is 50.3 Å². The molecule has 3 heterocycles. The largest absolute Gasteiger partial charge is 0.342 e. The minimum Gasteiger partial charge on any atom is -0.342 e. The quantitative estimate of drug-likeness (QED) is 0.863. The van der Waals surface area contributed by atoms with Crippen molar-refractivity contribution in [2.75, 3.05) is 13.1 Å². The minimum absolute atomic E-state index is 0.153. The Bertz CT molecular complexity index is 694. The van der Waals surface area contributed by atoms with Crippen LogP contribution in [-0.2, 0) is 4.79 Å². The van der Waals surface area contributed by atoms with Crippen LogP contribution in [0.4, 0.5) is 0 Å². The minimum atomic E-state index is 0.153. The number of aromatic nitrogens is 3. The van der Waals surface area contributed by atoms with Crippen molar-refractivity contribution in [3.8, 4) is 11.4 Å². The van der Waals surface area contributed by atoms with E-state index in [1.807, 2.05) is 17.0 Å². The average Bonchev–Trinajstić information content (AvgIpc) is 3.36. The molecule has 0 bridgehead atoms. The van der Waals surface area contributed by atoms with Gasteiger partial charge in [-0.15, -0.1) is 0 Å². The molecule has 0 radical (unpaired) electrons. The van der Waals surface area contributed by atoms with Crippen LogP contribution < -0.4 is 0 Å². The Morgan fingerprint density at radius 3 is 2.79 bits per heavy atom. The molecule has 0 spiro atoms. The number of likely N-dealkylation sites (tertiary alicyclic amines) is 1. The summed E-state index contributed by atoms with van der Waals surface area (Å²) in [4.78, 5) is 22.9. The molecule has 6 nitrogen and oxygen atoms in total. The Kier molecular flexibility index (Phi) is 4.28. The number of pyridine rings is 1. The molecule has 0 aromatic carbocycles. The predicted octanol–water partition coefficient (Wildman–Crippen LogP) is 3.03. The number of nitrogens with zero attached hydrogens (tertiary/aromatic N) is 4. The van der Waals surface area contributed by atoms with Gasteiger partial charge in [0, 0.05) is 37.5 Å². The lowest BCUT2D eigenvalue weighted by molar-refractivity contribution is -0.131. The molecule has 2 aromatic rings. The predicted molar refractivity (Wildman–Crippen MR) is 88.0 cm³/mol. The zero-order valence-electron chi connectivity index (χ0n) is 13.7. The molecule has 1 aliphatic heterocycles. The molecule has 0 N–H and O–H groups in total. The standard InChI is InChI=1S/C18H22N4O2/c23-16(11-13-3-1-2-4-13)22-10-7-15(12-22)18-20-17(21-24-18)14-5-8-19-9-6-14/h5-6,8-9,13,15H,1-4,7,10-12H2/t15-/m0/s1. The van der Waals surface area contributed by atoms with Crippen LogP contribution in [0.25, 0.3) is 11.4 Å². The van der Waals surface area contributed by atoms with Gasteiger partial charge in [-0.2, -0.15) is 4.98 Å². The molecule has 24 heavy (non-hydrogen) atoms. The van der Waals surface area contributed by atoms with Crippen molar-refractivity contribution in [1.29, 1.82) is 0 Å². The van der Waals surface area contributed by atoms with Crippen molar-refractivity contribution >= 4 is 5.91 Å². The zero-order valence-corrected chi connectivity index (χ0v) is 13.7. The lowest BCUT2D eigenvalue weighted by Gasteiger charge is -2.18. The molecule has 6 heteroatoms. The highest BCUT2D eigenvalue weighted by Gasteiger charge is 2.32. The van der Waals surface area contributed by atoms with Gasteiger partial charge in [-0.25, -0.2) is 0 Å². The topological polar surface area (TPSA) is 72.1 Å². The summed E-state index contributed by atoms with van der Waals surface area (Å²) in [5, 5.41) is 4.07. The fraction of sp³-hybridized carbons (Fsp3) is 0.556. The van der Waals surface area contributed by atoms with Gasteiger partial charge in [0.05, 0.1) is 5.92 Å². The maximum atomic E-state index is 12.5. The van der Waals surface area contributed by atoms with Crippen molar-refractivity contribution in [1.82, 2.24) is 20.0 Å². The maximum Gasteiger partial charge on any atom is 0.231 e. The Balaban J connectivity index is 1.38. The fourth-order valence-corrected chi connectivity index (χ4v) is 3.80. The molecular weight excluding hydrogens is 304 g/mol. The van der Waals surface area contributed by atoms with Crippen molar-refractivity contribution < 1.29 is 9.32 Å². The van der Waals surface area contributed by atoms with Crippen molar-refractivity contribution in [3.63, 3.8) is 0 Å². The van der Waals surface area contributed by atoms with Crippen molar-refractivity contribution in [2.45, 2.75) is 44.4 Å². The molecule has 4 rings (SSSR count). The van der Waals surface area contributed by atoms with Gasteiger partial charge in [0.2, 0.25) is 17.6 Å². The third-order valence-electron chi connectivity index (χ3n) is 5.21. The second kappa shape index (κ2) is 6.71. The van der Waals surface area contributed by atoms with E-state index in [0.717, 1.165) is 18.5 Å². The van der Waals surface area contributed by atoms with Gasteiger partial charge in [-0.1, -0.05) is 18.0 Å². The SMILES string of the molecule is O=C(CC1CCCC1)N1CC[C@H](c2nc(-c3ccncc3)no2)C1. The van der Waals surface area contributed by atoms with Crippen LogP contribution in [0.15, 0.2) is 29.0 Å². The van der Waals surface area contributed by atoms with Crippen LogP contribution in [0, 0.1) is 5.92 Å². The summed E-state index contributed by atoms with van der Waals surface area (Å²) in [6, 6.07) is 3.72. The third kappa shape index (κ3) is 3.18. The first-order chi connectivity index (χ1) is 11.8. The summed E-state index contributed by atoms with van der Waals surface area (Å²) >= 11 is 0. The number of rotatable bonds is 4. The van der Waals surface area contributed by atoms with E-state index in [1.54, 1.807) is 12.4 Å². The first-order valence-corrected chi connectivity index (χ1v) is 8.81. The van der Waals surface area contributed by atoms with Gasteiger partial charge in [0.1, 0.15) is 0 Å². The first kappa shape index (κ1) is 15.3. The maximum absolute atomic E-state index is 12.5. The molecule has 1 atom stereocenters. The molecule has 1 saturated carbocycles. The second-order valence-electron chi connectivity index (χ2n) is 6.87. The van der Waals surface area contributed by atoms with E-state index >= 15 is 0 Å². The summed E-state index contributed by atoms with van der Waals surface area (Å²) in [5.41, 5.74) is 0.896. The Hall–Kier alpha value is -2.24. The average molecular weight is 326 g/mol. The van der Waals surface area contributed by atoms with Crippen LogP contribution in [-0.4, -0.2) is 39.0 Å². The molecular formula is C18H22N4O2. The van der Waals surface area contributed by atoms with Crippen molar-refractivity contribution in [2.24, 2.45) is 5.92 Å². The molecule has 1 aliphatic carbocycles. The summed E-state index contributed by atoms with van der Waals surface area (Å²) in [5.74, 6) is 2.26. The van der Waals surface area contributed by atoms with E-state index in [1.165, 1.54) is 25.7 Å². The molecule has 2 fully saturated rings. The fourth-order valence-electron chi connectivity index (χ4n) is 3.80. The van der Waals surface area contributed by atoms with E-state index in [4.69, 9.17) is 4.52 Å². The number of carbonyl (C=O) groups is 1. The Labute approximate surface area is 141 Å². The number of carbonyl (C=O) groups excluding carboxylic acids is 1. The van der Waals surface area contributed by atoms with Crippen molar-refractivity contribution in [3.05, 3.63) is 30.4 Å². The molecule has 2 aromatic heterocycles. The molecule has 1 amide bonds. The highest BCUT2D eigenvalue weighted by atomic mass is 16.5. The lowest BCUT2D eigenvalue weighted by atomic mass is 10.0. The first-order valence-electron chi connectivity index (χ1n) is 8.81. The molecule has 126 valence electrons. The lowest BCUT2D eigenvalue weighted by Crippen LogP contribution is -2.29. The van der Waals surface area contributed by atoms with E-state index < -0.39 is 0 Å². The summed E-state index contributed by atoms with van der Waals surface area (Å²) < 4.78 is 5.45. The molecule has 2 aliphatic rings. The molecule has 1 saturated heterocycles. The van der Waals surface area contributed by atoms with Crippen LogP contribution in [0.2, 0.25) is 0 Å². The van der Waals surface area contributed by atoms with E-state index in [-0.39, 0.29) is 5.92 Å². The number of amides is 1. The highest BCUT2D eigenvalue weighted by molar-refractivity contribution is 5.76. The second-order valence-corrected chi connectivity index (χ2v) is 6.87. The normalized spacial score (nSPS) is 21.5. The highest BCUT2D eigenvalue weighted by Crippen LogP contribution is 2.31. The number of hydrogen-bond acceptors (Lipinski definition) is 5. The van der Waals surface area contributed by atoms with Gasteiger partial charge < -0.3 is 9.42 Å². The molecule has 0 unspecified atom stereocenters. The van der Waals surface area contributed by atoms with Crippen LogP contribution in [0.3, 0.4) is 0 Å². The van der Waals surface area contributed by atoms with Gasteiger partial charge in [-0.3, -0.25) is 9.78 Å². The van der Waals surface area contributed by atoms with Gasteiger partial charge >= 0.3 is 0 Å². The summed E-state index contributed by atoms with van der Waals surface area (Å²) in [6.07, 6.45) is 10.0. The van der Waals surface area contributed by atoms with E-state index in [9.17, 15) is 4.79 Å². The Morgan fingerprint density at radius 1 is 1.21 bits per heavy atom. The van der Waals surface area contributed by atoms with Gasteiger partial charge in [-0.05, 0) is 37.3 Å².